The van der Waals surface area contributed by atoms with Crippen molar-refractivity contribution in [3.63, 3.8) is 0 Å². The molecule has 0 amide bonds. The quantitative estimate of drug-likeness (QED) is 0.289. The van der Waals surface area contributed by atoms with E-state index in [2.05, 4.69) is 90.8 Å². The van der Waals surface area contributed by atoms with Crippen LogP contribution in [0.4, 0.5) is 0 Å². The molecule has 1 atom stereocenters. The van der Waals surface area contributed by atoms with Crippen molar-refractivity contribution in [2.75, 3.05) is 0 Å². The van der Waals surface area contributed by atoms with Crippen molar-refractivity contribution in [1.29, 1.82) is 0 Å². The highest BCUT2D eigenvalue weighted by Gasteiger charge is 2.15. The molecule has 1 nitrogen and oxygen atoms in total. The Morgan fingerprint density at radius 3 is 2.80 bits per heavy atom. The lowest BCUT2D eigenvalue weighted by atomic mass is 10.1. The summed E-state index contributed by atoms with van der Waals surface area (Å²) in [4.78, 5) is 4.99. The Bertz CT molecular complexity index is 723. The van der Waals surface area contributed by atoms with Gasteiger partial charge in [0.15, 0.2) is 0 Å². The zero-order chi connectivity index (χ0) is 14.1. The molecule has 3 rings (SSSR count). The van der Waals surface area contributed by atoms with Gasteiger partial charge in [-0.05, 0) is 58.5 Å². The summed E-state index contributed by atoms with van der Waals surface area (Å²) in [6.45, 7) is 0. The van der Waals surface area contributed by atoms with Gasteiger partial charge in [0.1, 0.15) is 0 Å². The average molecular weight is 523 g/mol. The normalized spacial score (nSPS) is 12.8. The van der Waals surface area contributed by atoms with E-state index in [1.54, 1.807) is 11.3 Å². The van der Waals surface area contributed by atoms with Gasteiger partial charge in [0.25, 0.3) is 0 Å². The van der Waals surface area contributed by atoms with Crippen LogP contribution in [0, 0.1) is 3.57 Å². The summed E-state index contributed by atoms with van der Waals surface area (Å²) in [5, 5.41) is 1.17. The molecule has 3 aromatic rings. The van der Waals surface area contributed by atoms with Crippen molar-refractivity contribution >= 4 is 76.0 Å². The topological polar surface area (TPSA) is 12.9 Å². The molecule has 0 radical (unpaired) electrons. The van der Waals surface area contributed by atoms with Gasteiger partial charge in [-0.3, -0.25) is 0 Å². The van der Waals surface area contributed by atoms with Crippen LogP contribution in [0.25, 0.3) is 10.2 Å². The van der Waals surface area contributed by atoms with Gasteiger partial charge in [0.2, 0.25) is 0 Å². The number of para-hydroxylation sites is 1. The highest BCUT2D eigenvalue weighted by molar-refractivity contribution is 14.1. The van der Waals surface area contributed by atoms with Crippen molar-refractivity contribution in [3.8, 4) is 0 Å². The molecule has 0 aliphatic heterocycles. The Balaban J connectivity index is 1.88. The Hall–Kier alpha value is 0.0200. The first-order chi connectivity index (χ1) is 9.63. The molecule has 0 fully saturated rings. The fourth-order valence-electron chi connectivity index (χ4n) is 2.03. The summed E-state index contributed by atoms with van der Waals surface area (Å²) >= 11 is 11.5. The molecule has 0 aliphatic rings. The van der Waals surface area contributed by atoms with Crippen LogP contribution in [0.5, 0.6) is 0 Å². The first-order valence-electron chi connectivity index (χ1n) is 6.07. The Labute approximate surface area is 152 Å². The third-order valence-corrected chi connectivity index (χ3v) is 6.34. The SMILES string of the molecule is Brc1ccc(I)c(C(Br)Cc2nc3ccccc3s2)c1. The number of thiazole rings is 1. The molecule has 0 aliphatic carbocycles. The molecule has 0 saturated heterocycles. The van der Waals surface area contributed by atoms with Gasteiger partial charge >= 0.3 is 0 Å². The zero-order valence-electron chi connectivity index (χ0n) is 10.3. The van der Waals surface area contributed by atoms with Gasteiger partial charge < -0.3 is 0 Å². The minimum absolute atomic E-state index is 0.285. The predicted octanol–water partition coefficient (Wildman–Crippen LogP) is 6.34. The Morgan fingerprint density at radius 1 is 1.20 bits per heavy atom. The second-order valence-corrected chi connectivity index (χ2v) is 8.71. The van der Waals surface area contributed by atoms with E-state index in [9.17, 15) is 0 Å². The Morgan fingerprint density at radius 2 is 2.00 bits per heavy atom. The molecular formula is C15H10Br2INS. The minimum Gasteiger partial charge on any atom is -0.241 e. The molecule has 0 spiro atoms. The summed E-state index contributed by atoms with van der Waals surface area (Å²) in [7, 11) is 0. The van der Waals surface area contributed by atoms with Crippen molar-refractivity contribution < 1.29 is 0 Å². The van der Waals surface area contributed by atoms with Crippen LogP contribution in [0.2, 0.25) is 0 Å². The number of benzene rings is 2. The first kappa shape index (κ1) is 14.9. The first-order valence-corrected chi connectivity index (χ1v) is 9.67. The number of aromatic nitrogens is 1. The maximum Gasteiger partial charge on any atom is 0.0953 e. The highest BCUT2D eigenvalue weighted by Crippen LogP contribution is 2.34. The van der Waals surface area contributed by atoms with Gasteiger partial charge in [0, 0.05) is 19.3 Å². The van der Waals surface area contributed by atoms with E-state index in [-0.39, 0.29) is 4.83 Å². The van der Waals surface area contributed by atoms with Crippen molar-refractivity contribution in [2.45, 2.75) is 11.2 Å². The van der Waals surface area contributed by atoms with Gasteiger partial charge in [-0.2, -0.15) is 0 Å². The second-order valence-electron chi connectivity index (χ2n) is 4.41. The number of fused-ring (bicyclic) bond motifs is 1. The second kappa shape index (κ2) is 6.42. The lowest BCUT2D eigenvalue weighted by Gasteiger charge is -2.11. The maximum absolute atomic E-state index is 4.70. The maximum atomic E-state index is 4.70. The van der Waals surface area contributed by atoms with Gasteiger partial charge in [-0.15, -0.1) is 11.3 Å². The average Bonchev–Trinajstić information content (AvgIpc) is 2.83. The summed E-state index contributed by atoms with van der Waals surface area (Å²) in [5.74, 6) is 0. The number of alkyl halides is 1. The van der Waals surface area contributed by atoms with Gasteiger partial charge in [0.05, 0.1) is 15.2 Å². The van der Waals surface area contributed by atoms with Crippen LogP contribution in [-0.2, 0) is 6.42 Å². The molecule has 20 heavy (non-hydrogen) atoms. The number of hydrogen-bond donors (Lipinski definition) is 0. The van der Waals surface area contributed by atoms with Crippen molar-refractivity contribution in [2.24, 2.45) is 0 Å². The van der Waals surface area contributed by atoms with E-state index in [4.69, 9.17) is 4.98 Å². The lowest BCUT2D eigenvalue weighted by molar-refractivity contribution is 0.932. The van der Waals surface area contributed by atoms with Crippen LogP contribution in [0.3, 0.4) is 0 Å². The van der Waals surface area contributed by atoms with Crippen LogP contribution >= 0.6 is 65.8 Å². The molecule has 0 saturated carbocycles. The van der Waals surface area contributed by atoms with E-state index in [1.807, 2.05) is 6.07 Å². The van der Waals surface area contributed by atoms with E-state index >= 15 is 0 Å². The number of halogens is 3. The van der Waals surface area contributed by atoms with E-state index < -0.39 is 0 Å². The molecule has 1 aromatic heterocycles. The monoisotopic (exact) mass is 521 g/mol. The molecule has 0 bridgehead atoms. The number of rotatable bonds is 3. The number of hydrogen-bond acceptors (Lipinski definition) is 2. The van der Waals surface area contributed by atoms with Crippen molar-refractivity contribution in [3.05, 3.63) is 61.1 Å². The van der Waals surface area contributed by atoms with Crippen LogP contribution < -0.4 is 0 Å². The summed E-state index contributed by atoms with van der Waals surface area (Å²) in [5.41, 5.74) is 2.40. The molecule has 1 heterocycles. The predicted molar refractivity (Wildman–Crippen MR) is 102 cm³/mol. The van der Waals surface area contributed by atoms with Crippen LogP contribution in [0.1, 0.15) is 15.4 Å². The third kappa shape index (κ3) is 3.26. The van der Waals surface area contributed by atoms with E-state index in [0.717, 1.165) is 16.4 Å². The third-order valence-electron chi connectivity index (χ3n) is 2.99. The fourth-order valence-corrected chi connectivity index (χ4v) is 5.46. The largest absolute Gasteiger partial charge is 0.241 e. The summed E-state index contributed by atoms with van der Waals surface area (Å²) in [6, 6.07) is 14.7. The number of nitrogens with zero attached hydrogens (tertiary/aromatic N) is 1. The highest BCUT2D eigenvalue weighted by atomic mass is 127. The molecule has 102 valence electrons. The summed E-state index contributed by atoms with van der Waals surface area (Å²) < 4.78 is 3.64. The smallest absolute Gasteiger partial charge is 0.0953 e. The zero-order valence-corrected chi connectivity index (χ0v) is 16.5. The molecule has 5 heteroatoms. The lowest BCUT2D eigenvalue weighted by Crippen LogP contribution is -1.97. The molecule has 0 N–H and O–H groups in total. The fraction of sp³-hybridized carbons (Fsp3) is 0.133. The van der Waals surface area contributed by atoms with E-state index in [0.29, 0.717) is 0 Å². The van der Waals surface area contributed by atoms with Crippen LogP contribution in [-0.4, -0.2) is 4.98 Å². The summed E-state index contributed by atoms with van der Waals surface area (Å²) in [6.07, 6.45) is 0.909. The Kier molecular flexibility index (Phi) is 4.79. The van der Waals surface area contributed by atoms with Crippen molar-refractivity contribution in [1.82, 2.24) is 4.98 Å². The molecule has 2 aromatic carbocycles. The minimum atomic E-state index is 0.285. The van der Waals surface area contributed by atoms with Crippen LogP contribution in [0.15, 0.2) is 46.9 Å². The standard InChI is InChI=1S/C15H10Br2INS/c16-9-5-6-12(18)10(7-9)11(17)8-15-19-13-3-1-2-4-14(13)20-15/h1-7,11H,8H2. The van der Waals surface area contributed by atoms with E-state index in [1.165, 1.54) is 18.8 Å². The van der Waals surface area contributed by atoms with Gasteiger partial charge in [-0.25, -0.2) is 4.98 Å². The molecule has 1 unspecified atom stereocenters. The van der Waals surface area contributed by atoms with Gasteiger partial charge in [-0.1, -0.05) is 44.0 Å². The molecular weight excluding hydrogens is 513 g/mol.